The Morgan fingerprint density at radius 3 is 2.61 bits per heavy atom. The molecule has 0 aromatic heterocycles. The molecule has 18 heavy (non-hydrogen) atoms. The Morgan fingerprint density at radius 1 is 1.39 bits per heavy atom. The predicted octanol–water partition coefficient (Wildman–Crippen LogP) is 0.0967. The van der Waals surface area contributed by atoms with E-state index in [9.17, 15) is 14.0 Å². The summed E-state index contributed by atoms with van der Waals surface area (Å²) >= 11 is 0. The number of amides is 1. The molecular formula is C11H12FNO5. The molecule has 0 aliphatic rings. The monoisotopic (exact) mass is 257 g/mol. The quantitative estimate of drug-likeness (QED) is 0.598. The summed E-state index contributed by atoms with van der Waals surface area (Å²) in [5.41, 5.74) is -0.266. The van der Waals surface area contributed by atoms with Gasteiger partial charge in [-0.25, -0.2) is 9.18 Å². The van der Waals surface area contributed by atoms with E-state index in [-0.39, 0.29) is 24.3 Å². The molecular weight excluding hydrogens is 245 g/mol. The van der Waals surface area contributed by atoms with Crippen molar-refractivity contribution in [3.63, 3.8) is 0 Å². The second kappa shape index (κ2) is 5.97. The fourth-order valence-electron chi connectivity index (χ4n) is 1.23. The lowest BCUT2D eigenvalue weighted by Gasteiger charge is -2.08. The highest BCUT2D eigenvalue weighted by Crippen LogP contribution is 2.14. The van der Waals surface area contributed by atoms with Crippen molar-refractivity contribution in [3.05, 3.63) is 29.6 Å². The Labute approximate surface area is 102 Å². The van der Waals surface area contributed by atoms with Gasteiger partial charge in [-0.1, -0.05) is 0 Å². The van der Waals surface area contributed by atoms with Gasteiger partial charge in [-0.3, -0.25) is 4.79 Å². The summed E-state index contributed by atoms with van der Waals surface area (Å²) in [5, 5.41) is 28.6. The maximum absolute atomic E-state index is 13.3. The summed E-state index contributed by atoms with van der Waals surface area (Å²) < 4.78 is 13.3. The van der Waals surface area contributed by atoms with Crippen LogP contribution in [0.4, 0.5) is 4.39 Å². The molecule has 1 atom stereocenters. The van der Waals surface area contributed by atoms with Gasteiger partial charge in [0.2, 0.25) is 0 Å². The van der Waals surface area contributed by atoms with Gasteiger partial charge < -0.3 is 20.6 Å². The molecule has 0 fully saturated rings. The minimum Gasteiger partial charge on any atom is -0.508 e. The standard InChI is InChI=1S/C11H12FNO5/c12-8-5-6(14)1-2-7(8)10(16)13-4-3-9(15)11(17)18/h1-2,5,9,14-15H,3-4H2,(H,13,16)(H,17,18). The number of nitrogens with one attached hydrogen (secondary N) is 1. The molecule has 1 amide bonds. The van der Waals surface area contributed by atoms with E-state index in [1.54, 1.807) is 0 Å². The van der Waals surface area contributed by atoms with Crippen molar-refractivity contribution >= 4 is 11.9 Å². The van der Waals surface area contributed by atoms with E-state index in [0.717, 1.165) is 18.2 Å². The SMILES string of the molecule is O=C(NCCC(O)C(=O)O)c1ccc(O)cc1F. The van der Waals surface area contributed by atoms with Gasteiger partial charge in [0.1, 0.15) is 11.6 Å². The zero-order valence-corrected chi connectivity index (χ0v) is 9.26. The molecule has 98 valence electrons. The average molecular weight is 257 g/mol. The van der Waals surface area contributed by atoms with Crippen LogP contribution in [0.5, 0.6) is 5.75 Å². The molecule has 4 N–H and O–H groups in total. The highest BCUT2D eigenvalue weighted by Gasteiger charge is 2.15. The van der Waals surface area contributed by atoms with Gasteiger partial charge >= 0.3 is 5.97 Å². The van der Waals surface area contributed by atoms with Crippen LogP contribution in [0.3, 0.4) is 0 Å². The Morgan fingerprint density at radius 2 is 2.06 bits per heavy atom. The first-order valence-electron chi connectivity index (χ1n) is 5.09. The number of carbonyl (C=O) groups is 2. The molecule has 0 saturated carbocycles. The fourth-order valence-corrected chi connectivity index (χ4v) is 1.23. The second-order valence-corrected chi connectivity index (χ2v) is 3.56. The molecule has 0 saturated heterocycles. The molecule has 1 aromatic rings. The van der Waals surface area contributed by atoms with Gasteiger partial charge in [0.05, 0.1) is 5.56 Å². The van der Waals surface area contributed by atoms with Crippen LogP contribution in [-0.4, -0.2) is 39.8 Å². The first-order valence-corrected chi connectivity index (χ1v) is 5.09. The van der Waals surface area contributed by atoms with E-state index in [2.05, 4.69) is 5.32 Å². The van der Waals surface area contributed by atoms with Crippen LogP contribution >= 0.6 is 0 Å². The molecule has 0 spiro atoms. The largest absolute Gasteiger partial charge is 0.508 e. The van der Waals surface area contributed by atoms with Gasteiger partial charge in [-0.15, -0.1) is 0 Å². The van der Waals surface area contributed by atoms with Crippen LogP contribution in [0.25, 0.3) is 0 Å². The van der Waals surface area contributed by atoms with E-state index in [4.69, 9.17) is 15.3 Å². The average Bonchev–Trinajstić information content (AvgIpc) is 2.28. The third kappa shape index (κ3) is 3.70. The molecule has 1 unspecified atom stereocenters. The van der Waals surface area contributed by atoms with Crippen LogP contribution < -0.4 is 5.32 Å². The number of hydrogen-bond acceptors (Lipinski definition) is 4. The molecule has 0 radical (unpaired) electrons. The number of aromatic hydroxyl groups is 1. The van der Waals surface area contributed by atoms with Crippen molar-refractivity contribution in [2.24, 2.45) is 0 Å². The second-order valence-electron chi connectivity index (χ2n) is 3.56. The summed E-state index contributed by atoms with van der Waals surface area (Å²) in [4.78, 5) is 21.8. The fraction of sp³-hybridized carbons (Fsp3) is 0.273. The Balaban J connectivity index is 2.53. The minimum atomic E-state index is -1.57. The first kappa shape index (κ1) is 13.9. The van der Waals surface area contributed by atoms with Crippen molar-refractivity contribution in [2.45, 2.75) is 12.5 Å². The number of hydrogen-bond donors (Lipinski definition) is 4. The number of aliphatic carboxylic acids is 1. The third-order valence-corrected chi connectivity index (χ3v) is 2.19. The van der Waals surface area contributed by atoms with E-state index < -0.39 is 23.8 Å². The normalized spacial score (nSPS) is 11.9. The molecule has 7 heteroatoms. The molecule has 0 aliphatic heterocycles. The van der Waals surface area contributed by atoms with E-state index in [0.29, 0.717) is 0 Å². The molecule has 6 nitrogen and oxygen atoms in total. The topological polar surface area (TPSA) is 107 Å². The summed E-state index contributed by atoms with van der Waals surface area (Å²) in [5.74, 6) is -3.32. The van der Waals surface area contributed by atoms with Gasteiger partial charge in [0.15, 0.2) is 6.10 Å². The van der Waals surface area contributed by atoms with Crippen molar-refractivity contribution in [2.75, 3.05) is 6.54 Å². The number of phenolic OH excluding ortho intramolecular Hbond substituents is 1. The minimum absolute atomic E-state index is 0.105. The number of rotatable bonds is 5. The maximum Gasteiger partial charge on any atom is 0.332 e. The van der Waals surface area contributed by atoms with Crippen LogP contribution in [0.15, 0.2) is 18.2 Å². The number of phenols is 1. The first-order chi connectivity index (χ1) is 8.41. The lowest BCUT2D eigenvalue weighted by Crippen LogP contribution is -2.30. The predicted molar refractivity (Wildman–Crippen MR) is 58.7 cm³/mol. The van der Waals surface area contributed by atoms with E-state index >= 15 is 0 Å². The highest BCUT2D eigenvalue weighted by molar-refractivity contribution is 5.94. The Bertz CT molecular complexity index is 463. The van der Waals surface area contributed by atoms with Crippen molar-refractivity contribution in [1.29, 1.82) is 0 Å². The molecule has 0 bridgehead atoms. The molecule has 1 rings (SSSR count). The summed E-state index contributed by atoms with van der Waals surface area (Å²) in [7, 11) is 0. The zero-order valence-electron chi connectivity index (χ0n) is 9.26. The summed E-state index contributed by atoms with van der Waals surface area (Å²) in [6.45, 7) is -0.105. The van der Waals surface area contributed by atoms with Crippen LogP contribution in [0.1, 0.15) is 16.8 Å². The highest BCUT2D eigenvalue weighted by atomic mass is 19.1. The smallest absolute Gasteiger partial charge is 0.332 e. The van der Waals surface area contributed by atoms with Crippen LogP contribution in [0.2, 0.25) is 0 Å². The van der Waals surface area contributed by atoms with Gasteiger partial charge in [-0.05, 0) is 12.1 Å². The number of carbonyl (C=O) groups excluding carboxylic acids is 1. The summed E-state index contributed by atoms with van der Waals surface area (Å²) in [6, 6.07) is 3.05. The molecule has 0 aliphatic carbocycles. The van der Waals surface area contributed by atoms with Gasteiger partial charge in [0, 0.05) is 19.0 Å². The number of carboxylic acid groups (broad SMARTS) is 1. The maximum atomic E-state index is 13.3. The van der Waals surface area contributed by atoms with Crippen LogP contribution in [-0.2, 0) is 4.79 Å². The number of benzene rings is 1. The number of halogens is 1. The lowest BCUT2D eigenvalue weighted by atomic mass is 10.2. The van der Waals surface area contributed by atoms with Gasteiger partial charge in [0.25, 0.3) is 5.91 Å². The van der Waals surface area contributed by atoms with Gasteiger partial charge in [-0.2, -0.15) is 0 Å². The lowest BCUT2D eigenvalue weighted by molar-refractivity contribution is -0.146. The van der Waals surface area contributed by atoms with Crippen molar-refractivity contribution in [3.8, 4) is 5.75 Å². The number of carboxylic acids is 1. The molecule has 1 aromatic carbocycles. The molecule has 0 heterocycles. The number of aliphatic hydroxyl groups is 1. The Kier molecular flexibility index (Phi) is 4.61. The van der Waals surface area contributed by atoms with E-state index in [1.807, 2.05) is 0 Å². The Hall–Kier alpha value is -2.15. The van der Waals surface area contributed by atoms with Crippen molar-refractivity contribution < 1.29 is 29.3 Å². The zero-order chi connectivity index (χ0) is 13.7. The van der Waals surface area contributed by atoms with Crippen molar-refractivity contribution in [1.82, 2.24) is 5.32 Å². The summed E-state index contributed by atoms with van der Waals surface area (Å²) in [6.07, 6.45) is -1.75. The van der Waals surface area contributed by atoms with E-state index in [1.165, 1.54) is 0 Å². The van der Waals surface area contributed by atoms with Crippen LogP contribution in [0, 0.1) is 5.82 Å². The number of aliphatic hydroxyl groups excluding tert-OH is 1. The third-order valence-electron chi connectivity index (χ3n) is 2.19.